The Bertz CT molecular complexity index is 959. The van der Waals surface area contributed by atoms with Crippen molar-refractivity contribution in [1.82, 2.24) is 9.55 Å². The molecule has 1 aromatic carbocycles. The molecule has 2 amide bonds. The van der Waals surface area contributed by atoms with Crippen LogP contribution in [-0.4, -0.2) is 21.4 Å². The number of amides is 2. The Morgan fingerprint density at radius 2 is 1.92 bits per heavy atom. The number of aryl methyl sites for hydroxylation is 1. The molecule has 0 radical (unpaired) electrons. The van der Waals surface area contributed by atoms with Gasteiger partial charge >= 0.3 is 4.87 Å². The van der Waals surface area contributed by atoms with E-state index in [0.29, 0.717) is 22.9 Å². The van der Waals surface area contributed by atoms with E-state index in [1.165, 1.54) is 11.3 Å². The Kier molecular flexibility index (Phi) is 5.59. The molecular weight excluding hydrogens is 372 g/mol. The number of rotatable bonds is 6. The summed E-state index contributed by atoms with van der Waals surface area (Å²) in [5.74, 6) is -0.451. The fourth-order valence-corrected chi connectivity index (χ4v) is 3.56. The lowest BCUT2D eigenvalue weighted by Crippen LogP contribution is -2.20. The highest BCUT2D eigenvalue weighted by Gasteiger charge is 2.09. The molecule has 2 aromatic heterocycles. The number of thiazole rings is 2. The van der Waals surface area contributed by atoms with E-state index in [1.807, 2.05) is 6.92 Å². The van der Waals surface area contributed by atoms with Gasteiger partial charge in [0.1, 0.15) is 0 Å². The maximum Gasteiger partial charge on any atom is 0.307 e. The smallest absolute Gasteiger partial charge is 0.307 e. The number of hydrogen-bond acceptors (Lipinski definition) is 6. The molecule has 0 fully saturated rings. The van der Waals surface area contributed by atoms with Crippen LogP contribution in [0.15, 0.2) is 46.0 Å². The topological polar surface area (TPSA) is 93.1 Å². The number of carbonyl (C=O) groups excluding carboxylic acids is 2. The molecule has 134 valence electrons. The van der Waals surface area contributed by atoms with Gasteiger partial charge in [-0.15, -0.1) is 11.3 Å². The lowest BCUT2D eigenvalue weighted by Gasteiger charge is -2.07. The summed E-state index contributed by atoms with van der Waals surface area (Å²) in [6, 6.07) is 6.59. The summed E-state index contributed by atoms with van der Waals surface area (Å²) in [7, 11) is 0. The molecular formula is C17H16N4O3S2. The standard InChI is InChI=1S/C17H16N4O3S2/c1-11-10-26-17(24)21(11)8-6-14(22)19-13-4-2-12(3-5-13)15(23)20-16-18-7-9-25-16/h2-5,7,9-10H,6,8H2,1H3,(H,19,22)(H,18,20,23). The third kappa shape index (κ3) is 4.44. The van der Waals surface area contributed by atoms with Crippen molar-refractivity contribution in [1.29, 1.82) is 0 Å². The van der Waals surface area contributed by atoms with Crippen molar-refractivity contribution in [2.75, 3.05) is 10.6 Å². The van der Waals surface area contributed by atoms with Gasteiger partial charge in [0.2, 0.25) is 5.91 Å². The summed E-state index contributed by atoms with van der Waals surface area (Å²) < 4.78 is 1.58. The van der Waals surface area contributed by atoms with Crippen LogP contribution in [0.3, 0.4) is 0 Å². The minimum atomic E-state index is -0.259. The van der Waals surface area contributed by atoms with Crippen LogP contribution >= 0.6 is 22.7 Å². The fourth-order valence-electron chi connectivity index (χ4n) is 2.27. The molecule has 0 unspecified atom stereocenters. The minimum Gasteiger partial charge on any atom is -0.326 e. The molecule has 0 atom stereocenters. The van der Waals surface area contributed by atoms with Crippen molar-refractivity contribution in [3.8, 4) is 0 Å². The summed E-state index contributed by atoms with van der Waals surface area (Å²) in [5.41, 5.74) is 1.91. The summed E-state index contributed by atoms with van der Waals surface area (Å²) in [6.45, 7) is 2.18. The first-order valence-corrected chi connectivity index (χ1v) is 9.54. The van der Waals surface area contributed by atoms with E-state index < -0.39 is 0 Å². The lowest BCUT2D eigenvalue weighted by molar-refractivity contribution is -0.116. The number of aromatic nitrogens is 2. The largest absolute Gasteiger partial charge is 0.326 e. The van der Waals surface area contributed by atoms with Gasteiger partial charge in [-0.1, -0.05) is 11.3 Å². The van der Waals surface area contributed by atoms with E-state index in [0.717, 1.165) is 17.0 Å². The molecule has 0 aliphatic rings. The normalized spacial score (nSPS) is 10.5. The zero-order valence-electron chi connectivity index (χ0n) is 13.9. The van der Waals surface area contributed by atoms with Crippen LogP contribution in [0.1, 0.15) is 22.5 Å². The van der Waals surface area contributed by atoms with Gasteiger partial charge in [-0.3, -0.25) is 19.7 Å². The van der Waals surface area contributed by atoms with Crippen molar-refractivity contribution >= 4 is 45.3 Å². The maximum atomic E-state index is 12.1. The van der Waals surface area contributed by atoms with Crippen LogP contribution in [0.5, 0.6) is 0 Å². The third-order valence-electron chi connectivity index (χ3n) is 3.62. The van der Waals surface area contributed by atoms with Crippen molar-refractivity contribution in [2.24, 2.45) is 0 Å². The van der Waals surface area contributed by atoms with Crippen molar-refractivity contribution in [3.05, 3.63) is 62.1 Å². The van der Waals surface area contributed by atoms with E-state index in [-0.39, 0.29) is 23.1 Å². The Morgan fingerprint density at radius 3 is 2.54 bits per heavy atom. The van der Waals surface area contributed by atoms with Crippen molar-refractivity contribution < 1.29 is 9.59 Å². The second-order valence-electron chi connectivity index (χ2n) is 5.46. The van der Waals surface area contributed by atoms with Gasteiger partial charge in [-0.2, -0.15) is 0 Å². The Hall–Kier alpha value is -2.78. The van der Waals surface area contributed by atoms with Gasteiger partial charge in [0.25, 0.3) is 5.91 Å². The van der Waals surface area contributed by atoms with Crippen LogP contribution < -0.4 is 15.5 Å². The van der Waals surface area contributed by atoms with E-state index in [2.05, 4.69) is 15.6 Å². The van der Waals surface area contributed by atoms with Gasteiger partial charge in [0.15, 0.2) is 5.13 Å². The predicted molar refractivity (Wildman–Crippen MR) is 103 cm³/mol. The average Bonchev–Trinajstić information content (AvgIpc) is 3.24. The van der Waals surface area contributed by atoms with Crippen molar-refractivity contribution in [3.63, 3.8) is 0 Å². The molecule has 9 heteroatoms. The molecule has 0 saturated carbocycles. The summed E-state index contributed by atoms with van der Waals surface area (Å²) in [5, 5.41) is 9.54. The van der Waals surface area contributed by atoms with Crippen LogP contribution in [0.2, 0.25) is 0 Å². The SMILES string of the molecule is Cc1csc(=O)n1CCC(=O)Nc1ccc(C(=O)Nc2nccs2)cc1. The minimum absolute atomic E-state index is 0.0640. The van der Waals surface area contributed by atoms with E-state index in [9.17, 15) is 14.4 Å². The molecule has 2 heterocycles. The van der Waals surface area contributed by atoms with Crippen LogP contribution in [0, 0.1) is 6.92 Å². The molecule has 0 saturated heterocycles. The molecule has 3 rings (SSSR count). The zero-order chi connectivity index (χ0) is 18.5. The van der Waals surface area contributed by atoms with E-state index in [4.69, 9.17) is 0 Å². The zero-order valence-corrected chi connectivity index (χ0v) is 15.5. The highest BCUT2D eigenvalue weighted by atomic mass is 32.1. The summed E-state index contributed by atoms with van der Waals surface area (Å²) >= 11 is 2.47. The molecule has 0 aliphatic heterocycles. The second-order valence-corrected chi connectivity index (χ2v) is 7.18. The number of anilines is 2. The molecule has 0 bridgehead atoms. The number of nitrogens with one attached hydrogen (secondary N) is 2. The van der Waals surface area contributed by atoms with Gasteiger partial charge in [-0.25, -0.2) is 4.98 Å². The Balaban J connectivity index is 1.54. The summed E-state index contributed by atoms with van der Waals surface area (Å²) in [4.78, 5) is 39.7. The monoisotopic (exact) mass is 388 g/mol. The number of hydrogen-bond donors (Lipinski definition) is 2. The van der Waals surface area contributed by atoms with Crippen LogP contribution in [-0.2, 0) is 11.3 Å². The number of nitrogens with zero attached hydrogens (tertiary/aromatic N) is 2. The first kappa shape index (κ1) is 18.0. The first-order valence-electron chi connectivity index (χ1n) is 7.78. The van der Waals surface area contributed by atoms with E-state index in [1.54, 1.807) is 45.8 Å². The highest BCUT2D eigenvalue weighted by molar-refractivity contribution is 7.13. The Morgan fingerprint density at radius 1 is 1.15 bits per heavy atom. The number of carbonyl (C=O) groups is 2. The van der Waals surface area contributed by atoms with Gasteiger partial charge < -0.3 is 9.88 Å². The molecule has 0 aliphatic carbocycles. The fraction of sp³-hybridized carbons (Fsp3) is 0.176. The van der Waals surface area contributed by atoms with E-state index >= 15 is 0 Å². The lowest BCUT2D eigenvalue weighted by atomic mass is 10.2. The Labute approximate surface area is 157 Å². The maximum absolute atomic E-state index is 12.1. The summed E-state index contributed by atoms with van der Waals surface area (Å²) in [6.07, 6.45) is 1.81. The average molecular weight is 388 g/mol. The molecule has 26 heavy (non-hydrogen) atoms. The molecule has 0 spiro atoms. The first-order chi connectivity index (χ1) is 12.5. The van der Waals surface area contributed by atoms with Crippen molar-refractivity contribution in [2.45, 2.75) is 19.9 Å². The predicted octanol–water partition coefficient (Wildman–Crippen LogP) is 2.96. The third-order valence-corrected chi connectivity index (χ3v) is 5.19. The molecule has 2 N–H and O–H groups in total. The highest BCUT2D eigenvalue weighted by Crippen LogP contribution is 2.14. The number of benzene rings is 1. The molecule has 7 nitrogen and oxygen atoms in total. The molecule has 3 aromatic rings. The van der Waals surface area contributed by atoms with Gasteiger partial charge in [0, 0.05) is 46.9 Å². The van der Waals surface area contributed by atoms with Crippen LogP contribution in [0.4, 0.5) is 10.8 Å². The second kappa shape index (κ2) is 8.07. The quantitative estimate of drug-likeness (QED) is 0.679. The van der Waals surface area contributed by atoms with Crippen LogP contribution in [0.25, 0.3) is 0 Å². The van der Waals surface area contributed by atoms with Gasteiger partial charge in [-0.05, 0) is 31.2 Å². The van der Waals surface area contributed by atoms with Gasteiger partial charge in [0.05, 0.1) is 0 Å².